The first kappa shape index (κ1) is 17.6. The minimum atomic E-state index is -3.57. The number of benzene rings is 1. The van der Waals surface area contributed by atoms with Gasteiger partial charge in [0.1, 0.15) is 5.75 Å². The van der Waals surface area contributed by atoms with Crippen molar-refractivity contribution in [1.29, 1.82) is 0 Å². The average Bonchev–Trinajstić information content (AvgIpc) is 3.09. The van der Waals surface area contributed by atoms with Gasteiger partial charge in [-0.2, -0.15) is 4.98 Å². The molecule has 1 fully saturated rings. The number of amides is 1. The summed E-state index contributed by atoms with van der Waals surface area (Å²) < 4.78 is 29.5. The molecule has 1 N–H and O–H groups in total. The Morgan fingerprint density at radius 2 is 1.88 bits per heavy atom. The van der Waals surface area contributed by atoms with Gasteiger partial charge in [0.15, 0.2) is 15.7 Å². The third-order valence-corrected chi connectivity index (χ3v) is 5.99. The molecule has 0 radical (unpaired) electrons. The third-order valence-electron chi connectivity index (χ3n) is 4.36. The number of hydrogen-bond acceptors (Lipinski definition) is 6. The number of carbonyl (C=O) groups is 1. The molecule has 25 heavy (non-hydrogen) atoms. The Bertz CT molecular complexity index is 811. The number of sulfone groups is 1. The van der Waals surface area contributed by atoms with E-state index < -0.39 is 21.5 Å². The first-order chi connectivity index (χ1) is 12.0. The number of aromatic nitrogens is 2. The first-order valence-corrected chi connectivity index (χ1v) is 10.1. The van der Waals surface area contributed by atoms with Crippen LogP contribution >= 0.6 is 0 Å². The van der Waals surface area contributed by atoms with Crippen LogP contribution in [0.25, 0.3) is 0 Å². The second-order valence-electron chi connectivity index (χ2n) is 6.30. The number of rotatable bonds is 6. The Morgan fingerprint density at radius 1 is 1.16 bits per heavy atom. The fourth-order valence-electron chi connectivity index (χ4n) is 2.99. The second-order valence-corrected chi connectivity index (χ2v) is 8.29. The highest BCUT2D eigenvalue weighted by Gasteiger charge is 2.22. The topological polar surface area (TPSA) is 102 Å². The van der Waals surface area contributed by atoms with Crippen LogP contribution in [0.3, 0.4) is 0 Å². The molecule has 0 spiro atoms. The van der Waals surface area contributed by atoms with Crippen LogP contribution in [-0.4, -0.2) is 31.0 Å². The van der Waals surface area contributed by atoms with Gasteiger partial charge in [-0.05, 0) is 30.9 Å². The Balaban J connectivity index is 1.59. The van der Waals surface area contributed by atoms with Crippen molar-refractivity contribution < 1.29 is 17.7 Å². The van der Waals surface area contributed by atoms with Crippen LogP contribution in [0, 0.1) is 5.92 Å². The molecule has 0 saturated heterocycles. The zero-order valence-corrected chi connectivity index (χ0v) is 14.7. The van der Waals surface area contributed by atoms with Crippen molar-refractivity contribution in [3.63, 3.8) is 0 Å². The van der Waals surface area contributed by atoms with Crippen LogP contribution in [0.5, 0.6) is 0 Å². The lowest BCUT2D eigenvalue weighted by molar-refractivity contribution is 0.0899. The smallest absolute Gasteiger partial charge is 0.315 e. The maximum atomic E-state index is 12.3. The van der Waals surface area contributed by atoms with E-state index in [1.807, 2.05) is 0 Å². The molecular formula is C17H21N3O4S. The molecule has 7 nitrogen and oxygen atoms in total. The predicted octanol–water partition coefficient (Wildman–Crippen LogP) is 2.35. The van der Waals surface area contributed by atoms with E-state index in [2.05, 4.69) is 15.5 Å². The molecule has 8 heteroatoms. The lowest BCUT2D eigenvalue weighted by atomic mass is 9.89. The molecule has 0 unspecified atom stereocenters. The van der Waals surface area contributed by atoms with Gasteiger partial charge in [0.05, 0.1) is 4.90 Å². The fraction of sp³-hybridized carbons (Fsp3) is 0.471. The first-order valence-electron chi connectivity index (χ1n) is 8.43. The molecule has 0 bridgehead atoms. The molecule has 2 aromatic rings. The zero-order chi connectivity index (χ0) is 17.7. The summed E-state index contributed by atoms with van der Waals surface area (Å²) in [5, 5.41) is 6.41. The molecule has 0 atom stereocenters. The maximum absolute atomic E-state index is 12.3. The summed E-state index contributed by atoms with van der Waals surface area (Å²) in [6, 6.07) is 8.04. The monoisotopic (exact) mass is 363 g/mol. The van der Waals surface area contributed by atoms with Gasteiger partial charge in [0.2, 0.25) is 0 Å². The minimum absolute atomic E-state index is 0.0216. The van der Waals surface area contributed by atoms with Crippen molar-refractivity contribution in [2.24, 2.45) is 5.92 Å². The molecular weight excluding hydrogens is 342 g/mol. The summed E-state index contributed by atoms with van der Waals surface area (Å²) in [5.41, 5.74) is 0. The molecule has 1 heterocycles. The SMILES string of the molecule is O=C(NCC1CCCCC1)c1nc(CS(=O)(=O)c2ccccc2)no1. The number of carbonyl (C=O) groups excluding carboxylic acids is 1. The molecule has 1 saturated carbocycles. The highest BCUT2D eigenvalue weighted by molar-refractivity contribution is 7.90. The predicted molar refractivity (Wildman–Crippen MR) is 90.5 cm³/mol. The van der Waals surface area contributed by atoms with E-state index in [0.717, 1.165) is 12.8 Å². The molecule has 1 aliphatic carbocycles. The van der Waals surface area contributed by atoms with E-state index in [9.17, 15) is 13.2 Å². The lowest BCUT2D eigenvalue weighted by Gasteiger charge is -2.21. The van der Waals surface area contributed by atoms with E-state index in [-0.39, 0.29) is 16.6 Å². The van der Waals surface area contributed by atoms with Crippen LogP contribution in [0.2, 0.25) is 0 Å². The van der Waals surface area contributed by atoms with Crippen LogP contribution < -0.4 is 5.32 Å². The molecule has 1 aromatic heterocycles. The molecule has 1 aliphatic rings. The Kier molecular flexibility index (Phi) is 5.47. The third kappa shape index (κ3) is 4.66. The molecule has 1 aromatic carbocycles. The molecule has 3 rings (SSSR count). The van der Waals surface area contributed by atoms with Gasteiger partial charge in [-0.1, -0.05) is 42.6 Å². The second kappa shape index (κ2) is 7.77. The summed E-state index contributed by atoms with van der Waals surface area (Å²) in [4.78, 5) is 16.2. The Hall–Kier alpha value is -2.22. The van der Waals surface area contributed by atoms with Crippen molar-refractivity contribution >= 4 is 15.7 Å². The van der Waals surface area contributed by atoms with E-state index in [4.69, 9.17) is 4.52 Å². The zero-order valence-electron chi connectivity index (χ0n) is 13.8. The quantitative estimate of drug-likeness (QED) is 0.845. The Labute approximate surface area is 146 Å². The van der Waals surface area contributed by atoms with Gasteiger partial charge in [0, 0.05) is 6.54 Å². The van der Waals surface area contributed by atoms with Crippen LogP contribution in [0.1, 0.15) is 48.6 Å². The van der Waals surface area contributed by atoms with E-state index in [1.54, 1.807) is 18.2 Å². The lowest BCUT2D eigenvalue weighted by Crippen LogP contribution is -2.30. The normalized spacial score (nSPS) is 15.8. The molecule has 0 aliphatic heterocycles. The van der Waals surface area contributed by atoms with Crippen LogP contribution in [-0.2, 0) is 15.6 Å². The van der Waals surface area contributed by atoms with E-state index >= 15 is 0 Å². The molecule has 134 valence electrons. The van der Waals surface area contributed by atoms with Crippen molar-refractivity contribution in [1.82, 2.24) is 15.5 Å². The van der Waals surface area contributed by atoms with Crippen LogP contribution in [0.15, 0.2) is 39.8 Å². The van der Waals surface area contributed by atoms with Crippen molar-refractivity contribution in [2.75, 3.05) is 6.54 Å². The van der Waals surface area contributed by atoms with E-state index in [1.165, 1.54) is 31.4 Å². The largest absolute Gasteiger partial charge is 0.348 e. The minimum Gasteiger partial charge on any atom is -0.348 e. The Morgan fingerprint density at radius 3 is 2.60 bits per heavy atom. The fourth-order valence-corrected chi connectivity index (χ4v) is 4.19. The summed E-state index contributed by atoms with van der Waals surface area (Å²) >= 11 is 0. The number of hydrogen-bond donors (Lipinski definition) is 1. The average molecular weight is 363 g/mol. The summed E-state index contributed by atoms with van der Waals surface area (Å²) in [6.45, 7) is 0.582. The maximum Gasteiger partial charge on any atom is 0.315 e. The van der Waals surface area contributed by atoms with Gasteiger partial charge in [-0.15, -0.1) is 0 Å². The van der Waals surface area contributed by atoms with Gasteiger partial charge < -0.3 is 9.84 Å². The number of nitrogens with one attached hydrogen (secondary N) is 1. The van der Waals surface area contributed by atoms with Gasteiger partial charge in [-0.25, -0.2) is 8.42 Å². The van der Waals surface area contributed by atoms with Crippen molar-refractivity contribution in [3.05, 3.63) is 42.0 Å². The number of nitrogens with zero attached hydrogens (tertiary/aromatic N) is 2. The highest BCUT2D eigenvalue weighted by Crippen LogP contribution is 2.22. The van der Waals surface area contributed by atoms with Gasteiger partial charge >= 0.3 is 11.8 Å². The molecule has 1 amide bonds. The van der Waals surface area contributed by atoms with E-state index in [0.29, 0.717) is 12.5 Å². The van der Waals surface area contributed by atoms with Crippen LogP contribution in [0.4, 0.5) is 0 Å². The summed E-state index contributed by atoms with van der Waals surface area (Å²) in [7, 11) is -3.57. The van der Waals surface area contributed by atoms with Gasteiger partial charge in [0.25, 0.3) is 0 Å². The van der Waals surface area contributed by atoms with Crippen molar-refractivity contribution in [2.45, 2.75) is 42.8 Å². The van der Waals surface area contributed by atoms with Gasteiger partial charge in [-0.3, -0.25) is 4.79 Å². The summed E-state index contributed by atoms with van der Waals surface area (Å²) in [5.74, 6) is -0.600. The highest BCUT2D eigenvalue weighted by atomic mass is 32.2. The van der Waals surface area contributed by atoms with Crippen molar-refractivity contribution in [3.8, 4) is 0 Å². The summed E-state index contributed by atoms with van der Waals surface area (Å²) in [6.07, 6.45) is 5.88. The standard InChI is InChI=1S/C17H21N3O4S/c21-16(18-11-13-7-3-1-4-8-13)17-19-15(20-24-17)12-25(22,23)14-9-5-2-6-10-14/h2,5-6,9-10,13H,1,3-4,7-8,11-12H2,(H,18,21).